The summed E-state index contributed by atoms with van der Waals surface area (Å²) < 4.78 is 0. The van der Waals surface area contributed by atoms with Crippen molar-refractivity contribution in [3.63, 3.8) is 0 Å². The number of likely N-dealkylation sites (tertiary alicyclic amines) is 1. The molecule has 1 aliphatic carbocycles. The minimum atomic E-state index is -1.01. The van der Waals surface area contributed by atoms with Gasteiger partial charge in [-0.2, -0.15) is 0 Å². The summed E-state index contributed by atoms with van der Waals surface area (Å²) >= 11 is 0. The van der Waals surface area contributed by atoms with Crippen LogP contribution in [0.15, 0.2) is 35.3 Å². The quantitative estimate of drug-likeness (QED) is 0.317. The van der Waals surface area contributed by atoms with E-state index in [1.807, 2.05) is 25.1 Å². The number of aliphatic carboxylic acids is 1. The number of carboxylic acids is 1. The van der Waals surface area contributed by atoms with Gasteiger partial charge in [-0.1, -0.05) is 60.6 Å². The fraction of sp³-hybridized carbons (Fsp3) is 0.625. The van der Waals surface area contributed by atoms with E-state index in [0.29, 0.717) is 30.9 Å². The number of carbonyl (C=O) groups is 3. The summed E-state index contributed by atoms with van der Waals surface area (Å²) in [4.78, 5) is 48.2. The molecule has 9 heteroatoms. The number of aliphatic hydroxyl groups is 1. The molecular formula is C40H57N4O5-. The first-order chi connectivity index (χ1) is 23.0. The normalized spacial score (nSPS) is 18.8. The van der Waals surface area contributed by atoms with Gasteiger partial charge in [0, 0.05) is 55.1 Å². The topological polar surface area (TPSA) is 135 Å². The van der Waals surface area contributed by atoms with E-state index in [0.717, 1.165) is 87.2 Å². The number of hydrogen-bond donors (Lipinski definition) is 2. The van der Waals surface area contributed by atoms with E-state index >= 15 is 0 Å². The lowest BCUT2D eigenvalue weighted by atomic mass is 9.71. The zero-order valence-corrected chi connectivity index (χ0v) is 30.7. The highest BCUT2D eigenvalue weighted by Crippen LogP contribution is 2.39. The van der Waals surface area contributed by atoms with Crippen LogP contribution in [-0.4, -0.2) is 64.1 Å². The van der Waals surface area contributed by atoms with Crippen molar-refractivity contribution in [2.24, 2.45) is 21.7 Å². The second kappa shape index (κ2) is 16.5. The average Bonchev–Trinajstić information content (AvgIpc) is 3.45. The van der Waals surface area contributed by atoms with E-state index in [4.69, 9.17) is 9.98 Å². The van der Waals surface area contributed by atoms with E-state index in [-0.39, 0.29) is 29.1 Å². The molecule has 2 aliphatic heterocycles. The largest absolute Gasteiger partial charge is 0.550 e. The third-order valence-electron chi connectivity index (χ3n) is 10.1. The molecule has 2 aromatic rings. The van der Waals surface area contributed by atoms with Crippen LogP contribution in [0, 0.1) is 16.7 Å². The number of nitrogens with zero attached hydrogens (tertiary/aromatic N) is 3. The Balaban J connectivity index is 0.000000698. The van der Waals surface area contributed by atoms with Crippen molar-refractivity contribution in [1.29, 1.82) is 0 Å². The van der Waals surface area contributed by atoms with Crippen molar-refractivity contribution in [2.45, 2.75) is 125 Å². The van der Waals surface area contributed by atoms with Gasteiger partial charge in [-0.25, -0.2) is 4.99 Å². The van der Waals surface area contributed by atoms with E-state index in [1.54, 1.807) is 20.8 Å². The van der Waals surface area contributed by atoms with Gasteiger partial charge in [0.1, 0.15) is 0 Å². The second-order valence-electron chi connectivity index (χ2n) is 16.2. The summed E-state index contributed by atoms with van der Waals surface area (Å²) in [5, 5.41) is 22.9. The van der Waals surface area contributed by atoms with Crippen LogP contribution in [0.4, 0.5) is 11.4 Å². The molecule has 1 saturated heterocycles. The lowest BCUT2D eigenvalue weighted by Gasteiger charge is -2.34. The van der Waals surface area contributed by atoms with Crippen LogP contribution in [-0.2, 0) is 33.6 Å². The predicted octanol–water partition coefficient (Wildman–Crippen LogP) is 5.97. The fourth-order valence-electron chi connectivity index (χ4n) is 6.70. The number of benzene rings is 1. The smallest absolute Gasteiger partial charge is 0.224 e. The molecule has 2 atom stereocenters. The molecule has 1 aromatic heterocycles. The van der Waals surface area contributed by atoms with Gasteiger partial charge in [0.25, 0.3) is 0 Å². The molecule has 1 aromatic carbocycles. The molecule has 0 unspecified atom stereocenters. The number of carboxylic acid groups (broad SMARTS) is 1. The summed E-state index contributed by atoms with van der Waals surface area (Å²) in [5.74, 6) is -0.281. The Morgan fingerprint density at radius 1 is 1.04 bits per heavy atom. The number of nitrogens with one attached hydrogen (secondary N) is 1. The summed E-state index contributed by atoms with van der Waals surface area (Å²) in [7, 11) is 0. The Labute approximate surface area is 293 Å². The van der Waals surface area contributed by atoms with Crippen LogP contribution in [0.2, 0.25) is 0 Å². The Morgan fingerprint density at radius 2 is 1.73 bits per heavy atom. The maximum absolute atomic E-state index is 13.8. The molecule has 9 nitrogen and oxygen atoms in total. The van der Waals surface area contributed by atoms with Crippen LogP contribution in [0.1, 0.15) is 122 Å². The second-order valence-corrected chi connectivity index (χ2v) is 16.2. The van der Waals surface area contributed by atoms with Crippen LogP contribution >= 0.6 is 0 Å². The monoisotopic (exact) mass is 673 g/mol. The van der Waals surface area contributed by atoms with Crippen LogP contribution in [0.25, 0.3) is 0 Å². The number of amides is 1. The van der Waals surface area contributed by atoms with Crippen molar-refractivity contribution in [3.8, 4) is 0 Å². The van der Waals surface area contributed by atoms with Crippen molar-refractivity contribution >= 4 is 34.7 Å². The molecule has 2 N–H and O–H groups in total. The van der Waals surface area contributed by atoms with Crippen molar-refractivity contribution < 1.29 is 24.6 Å². The van der Waals surface area contributed by atoms with Crippen LogP contribution < -0.4 is 10.4 Å². The number of carbonyl (C=O) groups excluding carboxylic acids is 3. The lowest BCUT2D eigenvalue weighted by molar-refractivity contribution is -0.316. The highest BCUT2D eigenvalue weighted by atomic mass is 16.4. The summed E-state index contributed by atoms with van der Waals surface area (Å²) in [5.41, 5.74) is 6.32. The minimum Gasteiger partial charge on any atom is -0.550 e. The number of Topliss-reactive ketones (excluding diaryl/α,β-unsaturated/α-hetero) is 1. The number of fused-ring (bicyclic) bond motifs is 2. The number of hydrogen-bond acceptors (Lipinski definition) is 8. The average molecular weight is 674 g/mol. The SMILES string of the molecule is CC(C)(C)C(=O)[O-].CCCC(=O)Nc1cccc([C@@H](CCN2CCC(O)CC2)CC(=O)C2=Nc3cc4c(nc3C2)CC[C@H](C(C)(C)C)C4)c1. The third-order valence-corrected chi connectivity index (χ3v) is 10.1. The van der Waals surface area contributed by atoms with E-state index in [9.17, 15) is 24.6 Å². The molecule has 0 radical (unpaired) electrons. The molecule has 5 rings (SSSR count). The van der Waals surface area contributed by atoms with E-state index in [2.05, 4.69) is 43.1 Å². The summed E-state index contributed by atoms with van der Waals surface area (Å²) in [6, 6.07) is 10.2. The maximum Gasteiger partial charge on any atom is 0.224 e. The summed E-state index contributed by atoms with van der Waals surface area (Å²) in [6.07, 6.45) is 7.56. The molecule has 1 amide bonds. The van der Waals surface area contributed by atoms with Gasteiger partial charge in [-0.05, 0) is 98.1 Å². The molecule has 3 heterocycles. The van der Waals surface area contributed by atoms with Gasteiger partial charge in [-0.15, -0.1) is 0 Å². The zero-order chi connectivity index (χ0) is 35.9. The number of ketones is 1. The highest BCUT2D eigenvalue weighted by molar-refractivity contribution is 6.41. The van der Waals surface area contributed by atoms with Crippen LogP contribution in [0.3, 0.4) is 0 Å². The number of piperidine rings is 1. The fourth-order valence-corrected chi connectivity index (χ4v) is 6.70. The third kappa shape index (κ3) is 11.0. The van der Waals surface area contributed by atoms with Crippen molar-refractivity contribution in [3.05, 3.63) is 52.8 Å². The standard InChI is InChI=1S/C35H48N4O3.C5H10O2/c1-5-7-34(42)36-27-9-6-8-23(19-27)24(12-15-39-16-13-28(40)14-17-39)21-33(41)32-22-31-30(38-32)20-25-18-26(35(2,3)4)10-11-29(25)37-31;1-5(2,3)4(6)7/h6,8-9,19-20,24,26,28,40H,5,7,10-18,21-22H2,1-4H3,(H,36,42);1-3H3,(H,6,7)/p-1/t24-,26-;/m0./s1. The van der Waals surface area contributed by atoms with Gasteiger partial charge in [0.15, 0.2) is 5.78 Å². The van der Waals surface area contributed by atoms with Gasteiger partial charge in [-0.3, -0.25) is 14.6 Å². The number of aliphatic hydroxyl groups excluding tert-OH is 1. The summed E-state index contributed by atoms with van der Waals surface area (Å²) in [6.45, 7) is 16.4. The Hall–Kier alpha value is -3.43. The first kappa shape index (κ1) is 38.4. The number of aliphatic imine (C=N–C) groups is 1. The molecule has 0 bridgehead atoms. The van der Waals surface area contributed by atoms with Crippen LogP contribution in [0.5, 0.6) is 0 Å². The molecular weight excluding hydrogens is 616 g/mol. The lowest BCUT2D eigenvalue weighted by Crippen LogP contribution is -2.37. The van der Waals surface area contributed by atoms with Gasteiger partial charge in [0.2, 0.25) is 5.91 Å². The van der Waals surface area contributed by atoms with E-state index < -0.39 is 11.4 Å². The number of rotatable bonds is 10. The first-order valence-corrected chi connectivity index (χ1v) is 18.2. The van der Waals surface area contributed by atoms with E-state index in [1.165, 1.54) is 11.3 Å². The molecule has 1 fully saturated rings. The van der Waals surface area contributed by atoms with Gasteiger partial charge in [0.05, 0.1) is 23.2 Å². The predicted molar refractivity (Wildman–Crippen MR) is 193 cm³/mol. The Morgan fingerprint density at radius 3 is 2.37 bits per heavy atom. The number of anilines is 1. The Bertz CT molecular complexity index is 1510. The van der Waals surface area contributed by atoms with Crippen molar-refractivity contribution in [2.75, 3.05) is 25.0 Å². The van der Waals surface area contributed by atoms with Crippen molar-refractivity contribution in [1.82, 2.24) is 9.88 Å². The molecule has 0 spiro atoms. The maximum atomic E-state index is 13.8. The van der Waals surface area contributed by atoms with Gasteiger partial charge >= 0.3 is 0 Å². The highest BCUT2D eigenvalue weighted by Gasteiger charge is 2.32. The van der Waals surface area contributed by atoms with Gasteiger partial charge < -0.3 is 25.2 Å². The molecule has 49 heavy (non-hydrogen) atoms. The first-order valence-electron chi connectivity index (χ1n) is 18.2. The number of aromatic nitrogens is 1. The minimum absolute atomic E-state index is 0.00694. The zero-order valence-electron chi connectivity index (χ0n) is 30.7. The Kier molecular flexibility index (Phi) is 12.9. The molecule has 3 aliphatic rings. The number of pyridine rings is 1. The number of aryl methyl sites for hydroxylation is 1. The molecule has 0 saturated carbocycles. The molecule has 268 valence electrons.